The summed E-state index contributed by atoms with van der Waals surface area (Å²) < 4.78 is 1.76. The van der Waals surface area contributed by atoms with E-state index < -0.39 is 6.03 Å². The van der Waals surface area contributed by atoms with Gasteiger partial charge in [-0.1, -0.05) is 12.1 Å². The number of carbonyl (C=O) groups excluding carboxylic acids is 2. The van der Waals surface area contributed by atoms with E-state index >= 15 is 0 Å². The minimum absolute atomic E-state index is 0.252. The summed E-state index contributed by atoms with van der Waals surface area (Å²) in [6.07, 6.45) is 6.72. The van der Waals surface area contributed by atoms with Crippen LogP contribution in [-0.2, 0) is 6.54 Å². The van der Waals surface area contributed by atoms with Crippen LogP contribution >= 0.6 is 11.3 Å². The van der Waals surface area contributed by atoms with Crippen molar-refractivity contribution >= 4 is 23.3 Å². The Kier molecular flexibility index (Phi) is 4.82. The number of hydrogen-bond acceptors (Lipinski definition) is 5. The molecule has 0 aliphatic rings. The smallest absolute Gasteiger partial charge is 0.333 e. The minimum atomic E-state index is -0.514. The number of carbonyl (C=O) groups is 2. The Labute approximate surface area is 141 Å². The fraction of sp³-hybridized carbons (Fsp3) is 0.0667. The topological polar surface area (TPSA) is 101 Å². The maximum absolute atomic E-state index is 11.8. The second kappa shape index (κ2) is 7.38. The summed E-state index contributed by atoms with van der Waals surface area (Å²) in [5, 5.41) is 4.45. The highest BCUT2D eigenvalue weighted by molar-refractivity contribution is 7.12. The van der Waals surface area contributed by atoms with Gasteiger partial charge < -0.3 is 5.32 Å². The first-order valence-corrected chi connectivity index (χ1v) is 7.92. The molecule has 0 atom stereocenters. The molecule has 0 fully saturated rings. The van der Waals surface area contributed by atoms with Crippen molar-refractivity contribution in [2.24, 2.45) is 0 Å². The van der Waals surface area contributed by atoms with Crippen LogP contribution in [0.3, 0.4) is 0 Å². The van der Waals surface area contributed by atoms with Crippen molar-refractivity contribution in [1.29, 1.82) is 0 Å². The molecule has 3 N–H and O–H groups in total. The highest BCUT2D eigenvalue weighted by Crippen LogP contribution is 2.10. The molecule has 0 aliphatic heterocycles. The van der Waals surface area contributed by atoms with E-state index in [0.717, 1.165) is 5.56 Å². The van der Waals surface area contributed by atoms with Crippen LogP contribution in [0.5, 0.6) is 0 Å². The largest absolute Gasteiger partial charge is 0.333 e. The molecule has 0 spiro atoms. The minimum Gasteiger partial charge on any atom is -0.333 e. The monoisotopic (exact) mass is 342 g/mol. The van der Waals surface area contributed by atoms with E-state index in [-0.39, 0.29) is 12.5 Å². The number of hydrazine groups is 1. The van der Waals surface area contributed by atoms with Gasteiger partial charge in [0.2, 0.25) is 0 Å². The molecule has 0 bridgehead atoms. The van der Waals surface area contributed by atoms with E-state index in [2.05, 4.69) is 26.1 Å². The van der Waals surface area contributed by atoms with Crippen LogP contribution in [0.2, 0.25) is 0 Å². The Bertz CT molecular complexity index is 816. The summed E-state index contributed by atoms with van der Waals surface area (Å²) in [6.45, 7) is 0.252. The van der Waals surface area contributed by atoms with Crippen molar-refractivity contribution in [1.82, 2.24) is 30.7 Å². The number of amides is 3. The molecule has 0 radical (unpaired) electrons. The van der Waals surface area contributed by atoms with Crippen molar-refractivity contribution in [3.63, 3.8) is 0 Å². The average Bonchev–Trinajstić information content (AvgIpc) is 3.31. The van der Waals surface area contributed by atoms with Crippen molar-refractivity contribution in [3.05, 3.63) is 65.0 Å². The van der Waals surface area contributed by atoms with Gasteiger partial charge in [0.25, 0.3) is 5.91 Å². The summed E-state index contributed by atoms with van der Waals surface area (Å²) in [4.78, 5) is 32.3. The summed E-state index contributed by atoms with van der Waals surface area (Å²) in [5.74, 6) is 0.318. The van der Waals surface area contributed by atoms with E-state index in [1.165, 1.54) is 11.3 Å². The first kappa shape index (κ1) is 15.7. The molecule has 0 aliphatic carbocycles. The van der Waals surface area contributed by atoms with Crippen molar-refractivity contribution < 1.29 is 9.59 Å². The summed E-state index contributed by atoms with van der Waals surface area (Å²) in [5.41, 5.74) is 5.47. The van der Waals surface area contributed by atoms with Crippen molar-refractivity contribution in [2.45, 2.75) is 6.54 Å². The van der Waals surface area contributed by atoms with Crippen molar-refractivity contribution in [2.75, 3.05) is 0 Å². The van der Waals surface area contributed by atoms with Crippen LogP contribution in [0.25, 0.3) is 5.82 Å². The number of nitrogens with one attached hydrogen (secondary N) is 3. The number of imidazole rings is 1. The quantitative estimate of drug-likeness (QED) is 0.625. The molecule has 0 saturated carbocycles. The number of hydrogen-bond donors (Lipinski definition) is 3. The summed E-state index contributed by atoms with van der Waals surface area (Å²) in [6, 6.07) is 6.56. The van der Waals surface area contributed by atoms with Gasteiger partial charge in [-0.3, -0.25) is 14.8 Å². The Morgan fingerprint density at radius 2 is 2.08 bits per heavy atom. The Balaban J connectivity index is 1.54. The van der Waals surface area contributed by atoms with Crippen LogP contribution < -0.4 is 16.2 Å². The second-order valence-electron chi connectivity index (χ2n) is 4.70. The molecule has 3 aromatic rings. The molecular weight excluding hydrogens is 328 g/mol. The Morgan fingerprint density at radius 3 is 2.83 bits per heavy atom. The fourth-order valence-electron chi connectivity index (χ4n) is 1.99. The van der Waals surface area contributed by atoms with Crippen LogP contribution in [-0.4, -0.2) is 26.5 Å². The van der Waals surface area contributed by atoms with Gasteiger partial charge in [0, 0.05) is 30.7 Å². The Hall–Kier alpha value is -3.20. The highest BCUT2D eigenvalue weighted by Gasteiger charge is 2.09. The lowest BCUT2D eigenvalue weighted by Crippen LogP contribution is -2.46. The predicted molar refractivity (Wildman–Crippen MR) is 88.5 cm³/mol. The fourth-order valence-corrected chi connectivity index (χ4v) is 2.61. The lowest BCUT2D eigenvalue weighted by Gasteiger charge is -2.11. The van der Waals surface area contributed by atoms with Gasteiger partial charge in [0.15, 0.2) is 0 Å². The van der Waals surface area contributed by atoms with Gasteiger partial charge in [-0.15, -0.1) is 11.3 Å². The van der Waals surface area contributed by atoms with Gasteiger partial charge >= 0.3 is 6.03 Å². The SMILES string of the molecule is O=C(NCc1cccnc1-n1ccnc1)NNC(=O)c1cccs1. The average molecular weight is 342 g/mol. The third kappa shape index (κ3) is 3.76. The van der Waals surface area contributed by atoms with E-state index in [4.69, 9.17) is 0 Å². The first-order valence-electron chi connectivity index (χ1n) is 7.04. The lowest BCUT2D eigenvalue weighted by molar-refractivity contribution is 0.0940. The van der Waals surface area contributed by atoms with Crippen LogP contribution in [0.1, 0.15) is 15.2 Å². The molecule has 9 heteroatoms. The lowest BCUT2D eigenvalue weighted by atomic mass is 10.2. The summed E-state index contributed by atoms with van der Waals surface area (Å²) in [7, 11) is 0. The van der Waals surface area contributed by atoms with E-state index in [0.29, 0.717) is 10.7 Å². The molecule has 0 unspecified atom stereocenters. The molecule has 8 nitrogen and oxygen atoms in total. The van der Waals surface area contributed by atoms with Gasteiger partial charge in [-0.05, 0) is 17.5 Å². The molecule has 0 aromatic carbocycles. The predicted octanol–water partition coefficient (Wildman–Crippen LogP) is 1.47. The first-order chi connectivity index (χ1) is 11.7. The van der Waals surface area contributed by atoms with E-state index in [1.54, 1.807) is 53.1 Å². The van der Waals surface area contributed by atoms with Crippen LogP contribution in [0.15, 0.2) is 54.6 Å². The molecule has 3 amide bonds. The Morgan fingerprint density at radius 1 is 1.17 bits per heavy atom. The second-order valence-corrected chi connectivity index (χ2v) is 5.64. The molecule has 3 rings (SSSR count). The number of urea groups is 1. The third-order valence-corrected chi connectivity index (χ3v) is 3.96. The van der Waals surface area contributed by atoms with Crippen LogP contribution in [0.4, 0.5) is 4.79 Å². The molecular formula is C15H14N6O2S. The van der Waals surface area contributed by atoms with E-state index in [9.17, 15) is 9.59 Å². The number of aromatic nitrogens is 3. The maximum Gasteiger partial charge on any atom is 0.333 e. The standard InChI is InChI=1S/C15H14N6O2S/c22-14(12-4-2-8-24-12)19-20-15(23)18-9-11-3-1-5-17-13(11)21-7-6-16-10-21/h1-8,10H,9H2,(H,19,22)(H2,18,20,23). The van der Waals surface area contributed by atoms with E-state index in [1.807, 2.05) is 6.07 Å². The molecule has 24 heavy (non-hydrogen) atoms. The van der Waals surface area contributed by atoms with Gasteiger partial charge in [0.1, 0.15) is 12.1 Å². The van der Waals surface area contributed by atoms with Crippen LogP contribution in [0, 0.1) is 0 Å². The zero-order valence-electron chi connectivity index (χ0n) is 12.5. The molecule has 0 saturated heterocycles. The third-order valence-electron chi connectivity index (χ3n) is 3.09. The summed E-state index contributed by atoms with van der Waals surface area (Å²) >= 11 is 1.29. The zero-order chi connectivity index (χ0) is 16.8. The maximum atomic E-state index is 11.8. The number of rotatable bonds is 4. The highest BCUT2D eigenvalue weighted by atomic mass is 32.1. The number of nitrogens with zero attached hydrogens (tertiary/aromatic N) is 3. The number of pyridine rings is 1. The normalized spacial score (nSPS) is 10.2. The molecule has 3 aromatic heterocycles. The molecule has 3 heterocycles. The van der Waals surface area contributed by atoms with Crippen molar-refractivity contribution in [3.8, 4) is 5.82 Å². The van der Waals surface area contributed by atoms with Gasteiger partial charge in [-0.25, -0.2) is 20.2 Å². The van der Waals surface area contributed by atoms with Gasteiger partial charge in [0.05, 0.1) is 4.88 Å². The molecule has 122 valence electrons. The van der Waals surface area contributed by atoms with Gasteiger partial charge in [-0.2, -0.15) is 0 Å². The number of thiophene rings is 1. The zero-order valence-corrected chi connectivity index (χ0v) is 13.3.